The first kappa shape index (κ1) is 12.9. The summed E-state index contributed by atoms with van der Waals surface area (Å²) in [5.41, 5.74) is 2.67. The first-order valence-electron chi connectivity index (χ1n) is 5.97. The van der Waals surface area contributed by atoms with Gasteiger partial charge in [-0.25, -0.2) is 0 Å². The van der Waals surface area contributed by atoms with Gasteiger partial charge < -0.3 is 10.6 Å². The molecule has 18 heavy (non-hydrogen) atoms. The lowest BCUT2D eigenvalue weighted by atomic mass is 10.0. The van der Waals surface area contributed by atoms with Crippen LogP contribution in [0.4, 0.5) is 11.4 Å². The molecule has 0 saturated carbocycles. The highest BCUT2D eigenvalue weighted by atomic mass is 35.5. The van der Waals surface area contributed by atoms with E-state index in [0.717, 1.165) is 16.9 Å². The second kappa shape index (κ2) is 5.87. The van der Waals surface area contributed by atoms with Gasteiger partial charge in [-0.1, -0.05) is 0 Å². The Bertz CT molecular complexity index is 474. The number of alkyl halides is 1. The van der Waals surface area contributed by atoms with E-state index in [1.54, 1.807) is 6.07 Å². The number of benzene rings is 1. The van der Waals surface area contributed by atoms with Gasteiger partial charge in [-0.15, -0.1) is 11.6 Å². The maximum atomic E-state index is 11.6. The van der Waals surface area contributed by atoms with Crippen LogP contribution in [-0.2, 0) is 16.0 Å². The fourth-order valence-corrected chi connectivity index (χ4v) is 2.05. The Balaban J connectivity index is 2.03. The summed E-state index contributed by atoms with van der Waals surface area (Å²) in [5.74, 6) is 0.501. The molecule has 1 aromatic rings. The van der Waals surface area contributed by atoms with Crippen LogP contribution in [-0.4, -0.2) is 17.7 Å². The summed E-state index contributed by atoms with van der Waals surface area (Å²) in [6, 6.07) is 5.53. The fourth-order valence-electron chi connectivity index (χ4n) is 1.91. The van der Waals surface area contributed by atoms with E-state index in [-0.39, 0.29) is 11.8 Å². The Labute approximate surface area is 111 Å². The fraction of sp³-hybridized carbons (Fsp3) is 0.385. The number of hydrogen-bond acceptors (Lipinski definition) is 2. The quantitative estimate of drug-likeness (QED) is 0.823. The zero-order chi connectivity index (χ0) is 13.0. The zero-order valence-electron chi connectivity index (χ0n) is 9.96. The summed E-state index contributed by atoms with van der Waals surface area (Å²) in [5, 5.41) is 5.63. The maximum Gasteiger partial charge on any atom is 0.224 e. The first-order chi connectivity index (χ1) is 8.69. The maximum absolute atomic E-state index is 11.6. The number of hydrogen-bond donors (Lipinski definition) is 2. The van der Waals surface area contributed by atoms with Crippen molar-refractivity contribution in [3.63, 3.8) is 0 Å². The van der Waals surface area contributed by atoms with E-state index in [0.29, 0.717) is 31.6 Å². The third kappa shape index (κ3) is 3.23. The minimum atomic E-state index is -0.0320. The molecule has 1 heterocycles. The Morgan fingerprint density at radius 3 is 3.00 bits per heavy atom. The van der Waals surface area contributed by atoms with Crippen molar-refractivity contribution in [1.29, 1.82) is 0 Å². The monoisotopic (exact) mass is 266 g/mol. The number of nitrogens with one attached hydrogen (secondary N) is 2. The predicted octanol–water partition coefficient (Wildman–Crippen LogP) is 2.53. The summed E-state index contributed by atoms with van der Waals surface area (Å²) in [6.07, 6.45) is 2.31. The molecule has 1 aromatic carbocycles. The van der Waals surface area contributed by atoms with Crippen molar-refractivity contribution in [2.75, 3.05) is 16.5 Å². The summed E-state index contributed by atoms with van der Waals surface area (Å²) in [4.78, 5) is 22.8. The van der Waals surface area contributed by atoms with Crippen molar-refractivity contribution in [3.8, 4) is 0 Å². The van der Waals surface area contributed by atoms with Crippen LogP contribution in [0.15, 0.2) is 18.2 Å². The third-order valence-corrected chi connectivity index (χ3v) is 3.09. The lowest BCUT2D eigenvalue weighted by molar-refractivity contribution is -0.117. The van der Waals surface area contributed by atoms with Gasteiger partial charge in [0.15, 0.2) is 0 Å². The molecule has 96 valence electrons. The third-order valence-electron chi connectivity index (χ3n) is 2.82. The Hall–Kier alpha value is -1.55. The number of carbonyl (C=O) groups excluding carboxylic acids is 2. The van der Waals surface area contributed by atoms with E-state index >= 15 is 0 Å². The molecule has 5 heteroatoms. The van der Waals surface area contributed by atoms with Gasteiger partial charge in [-0.2, -0.15) is 0 Å². The standard InChI is InChI=1S/C13H15ClN2O2/c14-7-1-2-12(17)15-10-4-5-11-9(8-10)3-6-13(18)16-11/h4-5,8H,1-3,6-7H2,(H,15,17)(H,16,18). The van der Waals surface area contributed by atoms with Gasteiger partial charge in [0, 0.05) is 30.1 Å². The van der Waals surface area contributed by atoms with Crippen molar-refractivity contribution in [3.05, 3.63) is 23.8 Å². The Morgan fingerprint density at radius 1 is 1.39 bits per heavy atom. The van der Waals surface area contributed by atoms with Gasteiger partial charge in [0.1, 0.15) is 0 Å². The molecule has 0 fully saturated rings. The van der Waals surface area contributed by atoms with E-state index in [4.69, 9.17) is 11.6 Å². The van der Waals surface area contributed by atoms with E-state index in [1.165, 1.54) is 0 Å². The van der Waals surface area contributed by atoms with Crippen LogP contribution < -0.4 is 10.6 Å². The van der Waals surface area contributed by atoms with Crippen LogP contribution in [0, 0.1) is 0 Å². The molecule has 0 bridgehead atoms. The minimum absolute atomic E-state index is 0.0320. The highest BCUT2D eigenvalue weighted by Crippen LogP contribution is 2.25. The summed E-state index contributed by atoms with van der Waals surface area (Å²) in [6.45, 7) is 0. The van der Waals surface area contributed by atoms with Crippen molar-refractivity contribution in [2.45, 2.75) is 25.7 Å². The summed E-state index contributed by atoms with van der Waals surface area (Å²) in [7, 11) is 0. The number of anilines is 2. The van der Waals surface area contributed by atoms with Crippen LogP contribution in [0.3, 0.4) is 0 Å². The van der Waals surface area contributed by atoms with Crippen molar-refractivity contribution in [2.24, 2.45) is 0 Å². The van der Waals surface area contributed by atoms with Crippen LogP contribution >= 0.6 is 11.6 Å². The number of carbonyl (C=O) groups is 2. The zero-order valence-corrected chi connectivity index (χ0v) is 10.7. The number of aryl methyl sites for hydroxylation is 1. The molecule has 0 aromatic heterocycles. The Morgan fingerprint density at radius 2 is 2.22 bits per heavy atom. The van der Waals surface area contributed by atoms with E-state index in [1.807, 2.05) is 12.1 Å². The van der Waals surface area contributed by atoms with Crippen molar-refractivity contribution >= 4 is 34.8 Å². The molecule has 2 N–H and O–H groups in total. The van der Waals surface area contributed by atoms with Crippen molar-refractivity contribution < 1.29 is 9.59 Å². The van der Waals surface area contributed by atoms with Crippen LogP contribution in [0.25, 0.3) is 0 Å². The van der Waals surface area contributed by atoms with E-state index < -0.39 is 0 Å². The number of fused-ring (bicyclic) bond motifs is 1. The number of halogens is 1. The van der Waals surface area contributed by atoms with Gasteiger partial charge in [0.2, 0.25) is 11.8 Å². The van der Waals surface area contributed by atoms with Gasteiger partial charge >= 0.3 is 0 Å². The molecule has 2 rings (SSSR count). The average molecular weight is 267 g/mol. The molecule has 2 amide bonds. The summed E-state index contributed by atoms with van der Waals surface area (Å²) >= 11 is 5.54. The number of rotatable bonds is 4. The molecule has 4 nitrogen and oxygen atoms in total. The predicted molar refractivity (Wildman–Crippen MR) is 72.0 cm³/mol. The molecular weight excluding hydrogens is 252 g/mol. The first-order valence-corrected chi connectivity index (χ1v) is 6.51. The topological polar surface area (TPSA) is 58.2 Å². The Kier molecular flexibility index (Phi) is 4.20. The highest BCUT2D eigenvalue weighted by Gasteiger charge is 2.15. The van der Waals surface area contributed by atoms with Gasteiger partial charge in [0.05, 0.1) is 0 Å². The van der Waals surface area contributed by atoms with Crippen molar-refractivity contribution in [1.82, 2.24) is 0 Å². The lowest BCUT2D eigenvalue weighted by Crippen LogP contribution is -2.19. The number of amides is 2. The minimum Gasteiger partial charge on any atom is -0.326 e. The van der Waals surface area contributed by atoms with Gasteiger partial charge in [-0.05, 0) is 36.6 Å². The molecule has 0 unspecified atom stereocenters. The molecule has 1 aliphatic heterocycles. The SMILES string of the molecule is O=C(CCCCl)Nc1ccc2c(c1)CCC(=O)N2. The second-order valence-corrected chi connectivity index (χ2v) is 4.64. The molecule has 0 spiro atoms. The van der Waals surface area contributed by atoms with E-state index in [2.05, 4.69) is 10.6 Å². The molecule has 0 aliphatic carbocycles. The largest absolute Gasteiger partial charge is 0.326 e. The molecule has 0 radical (unpaired) electrons. The van der Waals surface area contributed by atoms with Crippen LogP contribution in [0.2, 0.25) is 0 Å². The lowest BCUT2D eigenvalue weighted by Gasteiger charge is -2.17. The van der Waals surface area contributed by atoms with Crippen LogP contribution in [0.5, 0.6) is 0 Å². The smallest absolute Gasteiger partial charge is 0.224 e. The van der Waals surface area contributed by atoms with E-state index in [9.17, 15) is 9.59 Å². The average Bonchev–Trinajstić information content (AvgIpc) is 2.36. The molecule has 0 atom stereocenters. The summed E-state index contributed by atoms with van der Waals surface area (Å²) < 4.78 is 0. The normalized spacial score (nSPS) is 13.7. The van der Waals surface area contributed by atoms with Gasteiger partial charge in [0.25, 0.3) is 0 Å². The van der Waals surface area contributed by atoms with Crippen LogP contribution in [0.1, 0.15) is 24.8 Å². The second-order valence-electron chi connectivity index (χ2n) is 4.26. The molecule has 0 saturated heterocycles. The highest BCUT2D eigenvalue weighted by molar-refractivity contribution is 6.18. The molecular formula is C13H15ClN2O2. The molecule has 1 aliphatic rings. The van der Waals surface area contributed by atoms with Gasteiger partial charge in [-0.3, -0.25) is 9.59 Å².